The van der Waals surface area contributed by atoms with E-state index in [4.69, 9.17) is 10.7 Å². The van der Waals surface area contributed by atoms with Crippen LogP contribution in [0.2, 0.25) is 0 Å². The second-order valence-corrected chi connectivity index (χ2v) is 8.86. The molecule has 8 nitrogen and oxygen atoms in total. The molecule has 3 aromatic heterocycles. The molecule has 1 aromatic carbocycles. The Morgan fingerprint density at radius 3 is 2.88 bits per heavy atom. The molecule has 2 aliphatic rings. The largest absolute Gasteiger partial charge is 0.366 e. The number of nitrogens with two attached hydrogens (primary N) is 1. The fourth-order valence-electron chi connectivity index (χ4n) is 5.34. The van der Waals surface area contributed by atoms with Crippen LogP contribution in [0.4, 0.5) is 17.3 Å². The molecule has 2 atom stereocenters. The van der Waals surface area contributed by atoms with Gasteiger partial charge in [0.2, 0.25) is 5.91 Å². The van der Waals surface area contributed by atoms with Crippen LogP contribution >= 0.6 is 0 Å². The summed E-state index contributed by atoms with van der Waals surface area (Å²) in [6.07, 6.45) is 8.60. The molecule has 33 heavy (non-hydrogen) atoms. The number of hydrogen-bond acceptors (Lipinski definition) is 6. The van der Waals surface area contributed by atoms with Gasteiger partial charge in [-0.15, -0.1) is 0 Å². The van der Waals surface area contributed by atoms with Gasteiger partial charge in [-0.05, 0) is 61.1 Å². The highest BCUT2D eigenvalue weighted by molar-refractivity contribution is 5.94. The van der Waals surface area contributed by atoms with Crippen LogP contribution in [0, 0.1) is 5.92 Å². The molecule has 3 N–H and O–H groups in total. The van der Waals surface area contributed by atoms with E-state index in [1.54, 1.807) is 16.6 Å². The average Bonchev–Trinajstić information content (AvgIpc) is 3.56. The van der Waals surface area contributed by atoms with Crippen LogP contribution in [0.1, 0.15) is 36.0 Å². The minimum Gasteiger partial charge on any atom is -0.366 e. The van der Waals surface area contributed by atoms with Crippen molar-refractivity contribution >= 4 is 28.9 Å². The molecule has 1 saturated heterocycles. The minimum absolute atomic E-state index is 0.454. The molecule has 4 aromatic rings. The zero-order valence-corrected chi connectivity index (χ0v) is 18.2. The van der Waals surface area contributed by atoms with Crippen molar-refractivity contribution in [2.75, 3.05) is 16.8 Å². The van der Waals surface area contributed by atoms with Gasteiger partial charge in [-0.2, -0.15) is 5.10 Å². The van der Waals surface area contributed by atoms with Gasteiger partial charge in [-0.3, -0.25) is 4.79 Å². The van der Waals surface area contributed by atoms with Gasteiger partial charge in [0.05, 0.1) is 5.69 Å². The Hall–Kier alpha value is -3.94. The highest BCUT2D eigenvalue weighted by atomic mass is 16.1. The number of nitrogens with one attached hydrogen (secondary N) is 1. The number of anilines is 3. The Labute approximate surface area is 191 Å². The van der Waals surface area contributed by atoms with Gasteiger partial charge in [0, 0.05) is 29.9 Å². The monoisotopic (exact) mass is 439 g/mol. The first kappa shape index (κ1) is 19.7. The number of carbonyl (C=O) groups is 1. The number of pyridine rings is 2. The molecule has 1 aliphatic heterocycles. The average molecular weight is 440 g/mol. The summed E-state index contributed by atoms with van der Waals surface area (Å²) >= 11 is 0. The molecular weight excluding hydrogens is 414 g/mol. The van der Waals surface area contributed by atoms with Crippen molar-refractivity contribution in [2.24, 2.45) is 11.7 Å². The molecule has 4 heterocycles. The molecule has 1 saturated carbocycles. The number of amides is 1. The summed E-state index contributed by atoms with van der Waals surface area (Å²) in [5.41, 5.74) is 9.20. The van der Waals surface area contributed by atoms with E-state index in [0.29, 0.717) is 17.3 Å². The summed E-state index contributed by atoms with van der Waals surface area (Å²) in [4.78, 5) is 23.5. The topological polar surface area (TPSA) is 101 Å². The second kappa shape index (κ2) is 7.88. The van der Waals surface area contributed by atoms with Crippen LogP contribution in [0.3, 0.4) is 0 Å². The maximum absolute atomic E-state index is 11.6. The van der Waals surface area contributed by atoms with Crippen LogP contribution in [0.25, 0.3) is 16.8 Å². The molecule has 0 spiro atoms. The first-order valence-electron chi connectivity index (χ1n) is 11.4. The highest BCUT2D eigenvalue weighted by Gasteiger charge is 2.38. The van der Waals surface area contributed by atoms with E-state index in [1.165, 1.54) is 32.0 Å². The van der Waals surface area contributed by atoms with Crippen LogP contribution in [-0.4, -0.2) is 38.1 Å². The molecular formula is C25H25N7O. The van der Waals surface area contributed by atoms with Gasteiger partial charge in [0.25, 0.3) is 0 Å². The van der Waals surface area contributed by atoms with E-state index in [1.807, 2.05) is 36.5 Å². The van der Waals surface area contributed by atoms with E-state index in [9.17, 15) is 4.79 Å². The fourth-order valence-corrected chi connectivity index (χ4v) is 5.34. The predicted octanol–water partition coefficient (Wildman–Crippen LogP) is 4.01. The molecule has 2 unspecified atom stereocenters. The molecule has 1 amide bonds. The fraction of sp³-hybridized carbons (Fsp3) is 0.280. The van der Waals surface area contributed by atoms with Crippen LogP contribution in [-0.2, 0) is 0 Å². The molecule has 8 heteroatoms. The number of carbonyl (C=O) groups excluding carboxylic acids is 1. The van der Waals surface area contributed by atoms with Gasteiger partial charge in [-0.1, -0.05) is 24.6 Å². The van der Waals surface area contributed by atoms with Crippen molar-refractivity contribution in [1.29, 1.82) is 0 Å². The zero-order valence-electron chi connectivity index (χ0n) is 18.2. The number of nitrogens with zero attached hydrogens (tertiary/aromatic N) is 5. The van der Waals surface area contributed by atoms with Crippen LogP contribution in [0.5, 0.6) is 0 Å². The molecule has 166 valence electrons. The first-order valence-corrected chi connectivity index (χ1v) is 11.4. The van der Waals surface area contributed by atoms with Crippen LogP contribution < -0.4 is 16.0 Å². The smallest absolute Gasteiger partial charge is 0.248 e. The van der Waals surface area contributed by atoms with E-state index < -0.39 is 5.91 Å². The minimum atomic E-state index is -0.454. The standard InChI is InChI=1S/C25H25N7O/c26-24(33)18-6-1-5-17(12-18)19-13-20(25-27-15-28-32(25)14-19)29-22-8-3-9-23(30-22)31-11-10-16-4-2-7-21(16)31/h1,3,5-6,8-9,12-16,21H,2,4,7,10-11H2,(H2,26,33)(H,29,30). The SMILES string of the molecule is NC(=O)c1cccc(-c2cc(Nc3cccc(N4CCC5CCCC54)n3)c3ncnn3c2)c1. The maximum atomic E-state index is 11.6. The molecule has 1 aliphatic carbocycles. The normalized spacial score (nSPS) is 19.7. The number of hydrogen-bond donors (Lipinski definition) is 2. The van der Waals surface area contributed by atoms with Crippen molar-refractivity contribution in [3.05, 3.63) is 66.6 Å². The van der Waals surface area contributed by atoms with Gasteiger partial charge in [0.15, 0.2) is 5.65 Å². The van der Waals surface area contributed by atoms with Crippen molar-refractivity contribution in [2.45, 2.75) is 31.7 Å². The number of primary amides is 1. The summed E-state index contributed by atoms with van der Waals surface area (Å²) < 4.78 is 1.72. The van der Waals surface area contributed by atoms with Gasteiger partial charge < -0.3 is 16.0 Å². The van der Waals surface area contributed by atoms with Crippen molar-refractivity contribution in [3.63, 3.8) is 0 Å². The zero-order chi connectivity index (χ0) is 22.4. The second-order valence-electron chi connectivity index (χ2n) is 8.86. The lowest BCUT2D eigenvalue weighted by Gasteiger charge is -2.25. The Morgan fingerprint density at radius 1 is 1.06 bits per heavy atom. The van der Waals surface area contributed by atoms with Gasteiger partial charge >= 0.3 is 0 Å². The Morgan fingerprint density at radius 2 is 1.97 bits per heavy atom. The highest BCUT2D eigenvalue weighted by Crippen LogP contribution is 2.40. The van der Waals surface area contributed by atoms with Gasteiger partial charge in [-0.25, -0.2) is 14.5 Å². The lowest BCUT2D eigenvalue weighted by atomic mass is 10.0. The summed E-state index contributed by atoms with van der Waals surface area (Å²) in [6, 6.07) is 16.0. The summed E-state index contributed by atoms with van der Waals surface area (Å²) in [7, 11) is 0. The number of fused-ring (bicyclic) bond motifs is 2. The van der Waals surface area contributed by atoms with Crippen molar-refractivity contribution < 1.29 is 4.79 Å². The predicted molar refractivity (Wildman–Crippen MR) is 128 cm³/mol. The third kappa shape index (κ3) is 3.57. The Bertz CT molecular complexity index is 1350. The van der Waals surface area contributed by atoms with E-state index in [-0.39, 0.29) is 0 Å². The van der Waals surface area contributed by atoms with Crippen molar-refractivity contribution in [3.8, 4) is 11.1 Å². The molecule has 0 radical (unpaired) electrons. The quantitative estimate of drug-likeness (QED) is 0.487. The summed E-state index contributed by atoms with van der Waals surface area (Å²) in [5.74, 6) is 2.15. The Kier molecular flexibility index (Phi) is 4.71. The lowest BCUT2D eigenvalue weighted by Crippen LogP contribution is -2.30. The molecule has 0 bridgehead atoms. The summed E-state index contributed by atoms with van der Waals surface area (Å²) in [5, 5.41) is 7.78. The maximum Gasteiger partial charge on any atom is 0.248 e. The van der Waals surface area contributed by atoms with Crippen LogP contribution in [0.15, 0.2) is 61.1 Å². The third-order valence-electron chi connectivity index (χ3n) is 6.91. The van der Waals surface area contributed by atoms with Crippen molar-refractivity contribution in [1.82, 2.24) is 19.6 Å². The number of rotatable bonds is 5. The number of aromatic nitrogens is 4. The summed E-state index contributed by atoms with van der Waals surface area (Å²) in [6.45, 7) is 1.08. The lowest BCUT2D eigenvalue weighted by molar-refractivity contribution is 0.100. The Balaban J connectivity index is 1.35. The molecule has 6 rings (SSSR count). The van der Waals surface area contributed by atoms with Gasteiger partial charge in [0.1, 0.15) is 18.0 Å². The van der Waals surface area contributed by atoms with E-state index >= 15 is 0 Å². The van der Waals surface area contributed by atoms with E-state index in [0.717, 1.165) is 40.9 Å². The molecule has 2 fully saturated rings. The number of benzene rings is 1. The van der Waals surface area contributed by atoms with E-state index in [2.05, 4.69) is 26.4 Å². The third-order valence-corrected chi connectivity index (χ3v) is 6.91. The first-order chi connectivity index (χ1) is 16.2.